The van der Waals surface area contributed by atoms with Crippen LogP contribution in [0, 0.1) is 15.9 Å². The highest BCUT2D eigenvalue weighted by Crippen LogP contribution is 2.30. The van der Waals surface area contributed by atoms with E-state index in [-0.39, 0.29) is 35.2 Å². The molecule has 0 heterocycles. The summed E-state index contributed by atoms with van der Waals surface area (Å²) in [5.41, 5.74) is 0.0193. The van der Waals surface area contributed by atoms with E-state index in [2.05, 4.69) is 5.32 Å². The molecule has 9 nitrogen and oxygen atoms in total. The predicted molar refractivity (Wildman–Crippen MR) is 119 cm³/mol. The van der Waals surface area contributed by atoms with Gasteiger partial charge in [-0.15, -0.1) is 0 Å². The Balaban J connectivity index is 2.18. The monoisotopic (exact) mass is 461 g/mol. The second kappa shape index (κ2) is 12.4. The summed E-state index contributed by atoms with van der Waals surface area (Å²) in [6.07, 6.45) is 1.70. The first-order chi connectivity index (χ1) is 15.8. The average molecular weight is 461 g/mol. The minimum atomic E-state index is -0.871. The number of unbranched alkanes of at least 4 members (excludes halogenated alkanes) is 1. The molecule has 10 heteroatoms. The van der Waals surface area contributed by atoms with Crippen molar-refractivity contribution in [2.75, 3.05) is 20.3 Å². The Morgan fingerprint density at radius 3 is 2.61 bits per heavy atom. The molecule has 1 unspecified atom stereocenters. The second-order valence-corrected chi connectivity index (χ2v) is 7.31. The van der Waals surface area contributed by atoms with E-state index < -0.39 is 29.3 Å². The molecule has 0 spiro atoms. The predicted octanol–water partition coefficient (Wildman–Crippen LogP) is 3.45. The van der Waals surface area contributed by atoms with Crippen molar-refractivity contribution in [3.63, 3.8) is 0 Å². The average Bonchev–Trinajstić information content (AvgIpc) is 2.81. The molecule has 178 valence electrons. The Hall–Kier alpha value is -3.69. The summed E-state index contributed by atoms with van der Waals surface area (Å²) in [7, 11) is 1.28. The van der Waals surface area contributed by atoms with Crippen LogP contribution in [0.1, 0.15) is 32.3 Å². The van der Waals surface area contributed by atoms with Crippen LogP contribution in [-0.4, -0.2) is 47.9 Å². The summed E-state index contributed by atoms with van der Waals surface area (Å²) in [6, 6.07) is 8.99. The maximum atomic E-state index is 14.2. The molecule has 2 aromatic rings. The number of nitrogens with one attached hydrogen (secondary N) is 1. The normalized spacial score (nSPS) is 11.4. The minimum Gasteiger partial charge on any atom is -0.490 e. The molecule has 2 aromatic carbocycles. The van der Waals surface area contributed by atoms with Crippen LogP contribution in [0.4, 0.5) is 10.1 Å². The fraction of sp³-hybridized carbons (Fsp3) is 0.391. The molecule has 0 aliphatic carbocycles. The van der Waals surface area contributed by atoms with Crippen molar-refractivity contribution >= 4 is 17.5 Å². The number of hydrogen-bond acceptors (Lipinski definition) is 6. The summed E-state index contributed by atoms with van der Waals surface area (Å²) in [5, 5.41) is 13.8. The molecule has 0 aliphatic rings. The zero-order valence-corrected chi connectivity index (χ0v) is 18.9. The first-order valence-electron chi connectivity index (χ1n) is 10.5. The van der Waals surface area contributed by atoms with Crippen LogP contribution in [0.15, 0.2) is 42.5 Å². The van der Waals surface area contributed by atoms with Crippen LogP contribution >= 0.6 is 0 Å². The lowest BCUT2D eigenvalue weighted by molar-refractivity contribution is -0.385. The van der Waals surface area contributed by atoms with Gasteiger partial charge in [0.1, 0.15) is 17.6 Å². The first kappa shape index (κ1) is 25.6. The van der Waals surface area contributed by atoms with Gasteiger partial charge in [0.2, 0.25) is 11.7 Å². The van der Waals surface area contributed by atoms with Gasteiger partial charge in [-0.25, -0.2) is 4.39 Å². The molecule has 0 saturated heterocycles. The second-order valence-electron chi connectivity index (χ2n) is 7.31. The number of benzene rings is 2. The van der Waals surface area contributed by atoms with Gasteiger partial charge >= 0.3 is 5.69 Å². The van der Waals surface area contributed by atoms with E-state index >= 15 is 0 Å². The number of nitrogens with zero attached hydrogens (tertiary/aromatic N) is 2. The highest BCUT2D eigenvalue weighted by Gasteiger charge is 2.27. The lowest BCUT2D eigenvalue weighted by Gasteiger charge is -2.29. The van der Waals surface area contributed by atoms with Gasteiger partial charge in [0.25, 0.3) is 5.91 Å². The third-order valence-corrected chi connectivity index (χ3v) is 5.01. The van der Waals surface area contributed by atoms with E-state index in [9.17, 15) is 24.1 Å². The van der Waals surface area contributed by atoms with Gasteiger partial charge in [0.15, 0.2) is 6.61 Å². The zero-order valence-electron chi connectivity index (χ0n) is 18.9. The zero-order chi connectivity index (χ0) is 24.4. The molecule has 0 saturated carbocycles. The molecule has 0 radical (unpaired) electrons. The number of hydrogen-bond donors (Lipinski definition) is 1. The lowest BCUT2D eigenvalue weighted by Crippen LogP contribution is -2.49. The Morgan fingerprint density at radius 1 is 1.24 bits per heavy atom. The number of carbonyl (C=O) groups excluding carboxylic acids is 2. The molecule has 1 N–H and O–H groups in total. The fourth-order valence-electron chi connectivity index (χ4n) is 3.06. The number of rotatable bonds is 12. The largest absolute Gasteiger partial charge is 0.490 e. The van der Waals surface area contributed by atoms with Crippen molar-refractivity contribution in [3.05, 3.63) is 64.0 Å². The molecular formula is C23H28FN3O6. The summed E-state index contributed by atoms with van der Waals surface area (Å²) >= 11 is 0. The number of ether oxygens (including phenoxy) is 2. The summed E-state index contributed by atoms with van der Waals surface area (Å²) in [6.45, 7) is 3.45. The van der Waals surface area contributed by atoms with Crippen molar-refractivity contribution in [1.82, 2.24) is 10.2 Å². The van der Waals surface area contributed by atoms with Gasteiger partial charge in [0, 0.05) is 30.8 Å². The molecule has 2 rings (SSSR count). The van der Waals surface area contributed by atoms with Crippen molar-refractivity contribution in [2.24, 2.45) is 0 Å². The van der Waals surface area contributed by atoms with Gasteiger partial charge in [-0.05, 0) is 25.5 Å². The number of halogens is 1. The van der Waals surface area contributed by atoms with E-state index in [1.165, 1.54) is 42.3 Å². The quantitative estimate of drug-likeness (QED) is 0.294. The third kappa shape index (κ3) is 7.16. The van der Waals surface area contributed by atoms with Gasteiger partial charge in [0.05, 0.1) is 12.0 Å². The molecular weight excluding hydrogens is 433 g/mol. The van der Waals surface area contributed by atoms with Crippen LogP contribution in [0.25, 0.3) is 0 Å². The van der Waals surface area contributed by atoms with Crippen molar-refractivity contribution in [3.8, 4) is 11.5 Å². The van der Waals surface area contributed by atoms with Crippen LogP contribution in [-0.2, 0) is 16.1 Å². The summed E-state index contributed by atoms with van der Waals surface area (Å²) in [4.78, 5) is 37.3. The Morgan fingerprint density at radius 2 is 1.97 bits per heavy atom. The van der Waals surface area contributed by atoms with Gasteiger partial charge in [-0.1, -0.05) is 31.5 Å². The van der Waals surface area contributed by atoms with E-state index in [0.29, 0.717) is 6.54 Å². The smallest absolute Gasteiger partial charge is 0.311 e. The summed E-state index contributed by atoms with van der Waals surface area (Å²) in [5.74, 6) is -1.23. The van der Waals surface area contributed by atoms with E-state index in [4.69, 9.17) is 9.47 Å². The molecule has 0 bridgehead atoms. The van der Waals surface area contributed by atoms with Crippen LogP contribution < -0.4 is 14.8 Å². The molecule has 1 atom stereocenters. The summed E-state index contributed by atoms with van der Waals surface area (Å²) < 4.78 is 24.7. The highest BCUT2D eigenvalue weighted by atomic mass is 19.1. The molecule has 0 fully saturated rings. The van der Waals surface area contributed by atoms with Gasteiger partial charge in [-0.2, -0.15) is 0 Å². The Bertz CT molecular complexity index is 984. The van der Waals surface area contributed by atoms with Crippen LogP contribution in [0.5, 0.6) is 11.5 Å². The van der Waals surface area contributed by atoms with Crippen molar-refractivity contribution < 1.29 is 28.4 Å². The Labute approximate surface area is 191 Å². The number of nitro groups is 1. The number of carbonyl (C=O) groups is 2. The lowest BCUT2D eigenvalue weighted by atomic mass is 10.1. The number of nitro benzene ring substituents is 1. The number of methoxy groups -OCH3 is 1. The van der Waals surface area contributed by atoms with E-state index in [1.54, 1.807) is 19.1 Å². The van der Waals surface area contributed by atoms with E-state index in [0.717, 1.165) is 12.8 Å². The van der Waals surface area contributed by atoms with Gasteiger partial charge in [-0.3, -0.25) is 19.7 Å². The Kier molecular flexibility index (Phi) is 9.59. The van der Waals surface area contributed by atoms with Crippen LogP contribution in [0.2, 0.25) is 0 Å². The van der Waals surface area contributed by atoms with Gasteiger partial charge < -0.3 is 19.7 Å². The molecule has 2 amide bonds. The maximum absolute atomic E-state index is 14.2. The third-order valence-electron chi connectivity index (χ3n) is 5.01. The molecule has 0 aromatic heterocycles. The fourth-order valence-corrected chi connectivity index (χ4v) is 3.06. The van der Waals surface area contributed by atoms with Crippen molar-refractivity contribution in [2.45, 2.75) is 39.3 Å². The van der Waals surface area contributed by atoms with Crippen molar-refractivity contribution in [1.29, 1.82) is 0 Å². The standard InChI is InChI=1S/C23H28FN3O6/c1-4-5-12-25-23(29)16(2)26(14-17-8-6-7-9-19(17)24)22(28)15-33-18-10-11-20(27(30)31)21(13-18)32-3/h6-11,13,16H,4-5,12,14-15H2,1-3H3,(H,25,29). The number of amides is 2. The van der Waals surface area contributed by atoms with Crippen LogP contribution in [0.3, 0.4) is 0 Å². The SMILES string of the molecule is CCCCNC(=O)C(C)N(Cc1ccccc1F)C(=O)COc1ccc([N+](=O)[O-])c(OC)c1. The molecule has 0 aliphatic heterocycles. The first-order valence-corrected chi connectivity index (χ1v) is 10.5. The minimum absolute atomic E-state index is 0.0168. The topological polar surface area (TPSA) is 111 Å². The molecule has 33 heavy (non-hydrogen) atoms. The van der Waals surface area contributed by atoms with E-state index in [1.807, 2.05) is 6.92 Å². The highest BCUT2D eigenvalue weighted by molar-refractivity contribution is 5.88. The maximum Gasteiger partial charge on any atom is 0.311 e.